The lowest BCUT2D eigenvalue weighted by molar-refractivity contribution is -0.140. The van der Waals surface area contributed by atoms with Crippen molar-refractivity contribution in [3.8, 4) is 5.75 Å². The van der Waals surface area contributed by atoms with E-state index in [0.717, 1.165) is 6.07 Å². The van der Waals surface area contributed by atoms with E-state index in [4.69, 9.17) is 0 Å². The van der Waals surface area contributed by atoms with Crippen LogP contribution in [0, 0.1) is 5.82 Å². The third-order valence-corrected chi connectivity index (χ3v) is 2.44. The average molecular weight is 279 g/mol. The number of ether oxygens (including phenoxy) is 1. The van der Waals surface area contributed by atoms with Crippen LogP contribution >= 0.6 is 0 Å². The molecule has 0 saturated heterocycles. The number of carbonyl (C=O) groups excluding carboxylic acids is 1. The van der Waals surface area contributed by atoms with Gasteiger partial charge in [0.1, 0.15) is 6.54 Å². The van der Waals surface area contributed by atoms with E-state index < -0.39 is 24.4 Å². The number of alkyl halides is 3. The van der Waals surface area contributed by atoms with Gasteiger partial charge >= 0.3 is 6.18 Å². The zero-order chi connectivity index (χ0) is 14.6. The van der Waals surface area contributed by atoms with Crippen LogP contribution in [0.5, 0.6) is 5.75 Å². The number of hydrogen-bond acceptors (Lipinski definition) is 2. The third-order valence-electron chi connectivity index (χ3n) is 2.44. The zero-order valence-corrected chi connectivity index (χ0v) is 10.4. The summed E-state index contributed by atoms with van der Waals surface area (Å²) in [6.45, 7) is -0.0640. The highest BCUT2D eigenvalue weighted by Crippen LogP contribution is 2.21. The minimum Gasteiger partial charge on any atom is -0.494 e. The summed E-state index contributed by atoms with van der Waals surface area (Å²) in [5, 5.41) is 0. The van der Waals surface area contributed by atoms with E-state index in [1.54, 1.807) is 0 Å². The van der Waals surface area contributed by atoms with Gasteiger partial charge in [-0.1, -0.05) is 0 Å². The van der Waals surface area contributed by atoms with Gasteiger partial charge in [0.15, 0.2) is 11.6 Å². The molecule has 0 aliphatic carbocycles. The maximum Gasteiger partial charge on any atom is 0.406 e. The Morgan fingerprint density at radius 3 is 2.42 bits per heavy atom. The topological polar surface area (TPSA) is 29.5 Å². The van der Waals surface area contributed by atoms with Gasteiger partial charge in [-0.05, 0) is 25.1 Å². The predicted octanol–water partition coefficient (Wildman–Crippen LogP) is 2.86. The van der Waals surface area contributed by atoms with Crippen molar-refractivity contribution in [2.75, 3.05) is 20.2 Å². The van der Waals surface area contributed by atoms with Crippen molar-refractivity contribution in [1.82, 2.24) is 4.90 Å². The van der Waals surface area contributed by atoms with E-state index in [1.807, 2.05) is 0 Å². The second-order valence-electron chi connectivity index (χ2n) is 3.78. The van der Waals surface area contributed by atoms with Crippen LogP contribution in [-0.2, 0) is 0 Å². The van der Waals surface area contributed by atoms with Gasteiger partial charge < -0.3 is 9.64 Å². The normalized spacial score (nSPS) is 11.3. The number of carbonyl (C=O) groups is 1. The second kappa shape index (κ2) is 5.90. The number of methoxy groups -OCH3 is 1. The first-order chi connectivity index (χ1) is 8.78. The summed E-state index contributed by atoms with van der Waals surface area (Å²) in [7, 11) is 1.25. The SMILES string of the molecule is CCN(CC(F)(F)F)C(=O)c1ccc(OC)c(F)c1. The van der Waals surface area contributed by atoms with Crippen LogP contribution in [0.1, 0.15) is 17.3 Å². The second-order valence-corrected chi connectivity index (χ2v) is 3.78. The molecule has 0 fully saturated rings. The van der Waals surface area contributed by atoms with Gasteiger partial charge in [0.25, 0.3) is 5.91 Å². The molecule has 0 N–H and O–H groups in total. The van der Waals surface area contributed by atoms with E-state index in [9.17, 15) is 22.4 Å². The van der Waals surface area contributed by atoms with Crippen molar-refractivity contribution < 1.29 is 27.1 Å². The van der Waals surface area contributed by atoms with Crippen LogP contribution in [-0.4, -0.2) is 37.2 Å². The third kappa shape index (κ3) is 4.11. The Kier molecular flexibility index (Phi) is 4.74. The summed E-state index contributed by atoms with van der Waals surface area (Å²) in [5.74, 6) is -1.74. The summed E-state index contributed by atoms with van der Waals surface area (Å²) in [6, 6.07) is 3.29. The summed E-state index contributed by atoms with van der Waals surface area (Å²) < 4.78 is 54.9. The smallest absolute Gasteiger partial charge is 0.406 e. The molecule has 0 heterocycles. The Morgan fingerprint density at radius 2 is 2.00 bits per heavy atom. The first-order valence-electron chi connectivity index (χ1n) is 5.48. The fraction of sp³-hybridized carbons (Fsp3) is 0.417. The quantitative estimate of drug-likeness (QED) is 0.793. The Bertz CT molecular complexity index is 460. The zero-order valence-electron chi connectivity index (χ0n) is 10.4. The molecule has 0 spiro atoms. The molecule has 7 heteroatoms. The fourth-order valence-electron chi connectivity index (χ4n) is 1.53. The van der Waals surface area contributed by atoms with E-state index >= 15 is 0 Å². The van der Waals surface area contributed by atoms with Crippen LogP contribution in [0.25, 0.3) is 0 Å². The van der Waals surface area contributed by atoms with E-state index in [0.29, 0.717) is 4.90 Å². The molecule has 19 heavy (non-hydrogen) atoms. The summed E-state index contributed by atoms with van der Waals surface area (Å²) in [4.78, 5) is 12.4. The highest BCUT2D eigenvalue weighted by Gasteiger charge is 2.32. The minimum atomic E-state index is -4.49. The molecular weight excluding hydrogens is 266 g/mol. The number of hydrogen-bond donors (Lipinski definition) is 0. The molecular formula is C12H13F4NO2. The molecule has 1 aromatic carbocycles. The van der Waals surface area contributed by atoms with Crippen molar-refractivity contribution in [2.24, 2.45) is 0 Å². The van der Waals surface area contributed by atoms with Crippen LogP contribution in [0.4, 0.5) is 17.6 Å². The molecule has 0 atom stereocenters. The maximum atomic E-state index is 13.4. The first-order valence-corrected chi connectivity index (χ1v) is 5.48. The lowest BCUT2D eigenvalue weighted by Gasteiger charge is -2.22. The molecule has 0 saturated carbocycles. The molecule has 0 aliphatic heterocycles. The van der Waals surface area contributed by atoms with Gasteiger partial charge in [0.2, 0.25) is 0 Å². The fourth-order valence-corrected chi connectivity index (χ4v) is 1.53. The molecule has 1 aromatic rings. The molecule has 106 valence electrons. The van der Waals surface area contributed by atoms with Gasteiger partial charge in [-0.3, -0.25) is 4.79 Å². The molecule has 0 aliphatic rings. The van der Waals surface area contributed by atoms with Crippen molar-refractivity contribution in [3.05, 3.63) is 29.6 Å². The number of amides is 1. The standard InChI is InChI=1S/C12H13F4NO2/c1-3-17(7-12(14,15)16)11(18)8-4-5-10(19-2)9(13)6-8/h4-6H,3,7H2,1-2H3. The average Bonchev–Trinajstić information content (AvgIpc) is 2.34. The molecule has 1 rings (SSSR count). The van der Waals surface area contributed by atoms with E-state index in [-0.39, 0.29) is 17.9 Å². The number of benzene rings is 1. The summed E-state index contributed by atoms with van der Waals surface area (Å²) >= 11 is 0. The predicted molar refractivity (Wildman–Crippen MR) is 60.6 cm³/mol. The van der Waals surface area contributed by atoms with Crippen molar-refractivity contribution in [2.45, 2.75) is 13.1 Å². The molecule has 0 unspecified atom stereocenters. The van der Waals surface area contributed by atoms with Gasteiger partial charge in [-0.15, -0.1) is 0 Å². The lowest BCUT2D eigenvalue weighted by Crippen LogP contribution is -2.38. The monoisotopic (exact) mass is 279 g/mol. The Balaban J connectivity index is 2.95. The van der Waals surface area contributed by atoms with Gasteiger partial charge in [0.05, 0.1) is 7.11 Å². The Morgan fingerprint density at radius 1 is 1.37 bits per heavy atom. The highest BCUT2D eigenvalue weighted by atomic mass is 19.4. The molecule has 0 aromatic heterocycles. The lowest BCUT2D eigenvalue weighted by atomic mass is 10.2. The molecule has 3 nitrogen and oxygen atoms in total. The molecule has 0 bridgehead atoms. The molecule has 1 amide bonds. The van der Waals surface area contributed by atoms with Gasteiger partial charge in [-0.25, -0.2) is 4.39 Å². The van der Waals surface area contributed by atoms with E-state index in [2.05, 4.69) is 4.74 Å². The minimum absolute atomic E-state index is 0.0737. The van der Waals surface area contributed by atoms with Crippen LogP contribution < -0.4 is 4.74 Å². The molecule has 0 radical (unpaired) electrons. The largest absolute Gasteiger partial charge is 0.494 e. The number of rotatable bonds is 4. The summed E-state index contributed by atoms with van der Waals surface area (Å²) in [6.07, 6.45) is -4.49. The number of halogens is 4. The Labute approximate surface area is 107 Å². The van der Waals surface area contributed by atoms with Gasteiger partial charge in [0, 0.05) is 12.1 Å². The van der Waals surface area contributed by atoms with Crippen LogP contribution in [0.2, 0.25) is 0 Å². The maximum absolute atomic E-state index is 13.4. The van der Waals surface area contributed by atoms with Crippen LogP contribution in [0.3, 0.4) is 0 Å². The highest BCUT2D eigenvalue weighted by molar-refractivity contribution is 5.94. The van der Waals surface area contributed by atoms with Crippen molar-refractivity contribution in [3.63, 3.8) is 0 Å². The number of nitrogens with zero attached hydrogens (tertiary/aromatic N) is 1. The van der Waals surface area contributed by atoms with Gasteiger partial charge in [-0.2, -0.15) is 13.2 Å². The van der Waals surface area contributed by atoms with Crippen molar-refractivity contribution in [1.29, 1.82) is 0 Å². The first kappa shape index (κ1) is 15.3. The Hall–Kier alpha value is -1.79. The van der Waals surface area contributed by atoms with Crippen molar-refractivity contribution >= 4 is 5.91 Å². The summed E-state index contributed by atoms with van der Waals surface area (Å²) in [5.41, 5.74) is -0.149. The van der Waals surface area contributed by atoms with Crippen LogP contribution in [0.15, 0.2) is 18.2 Å². The van der Waals surface area contributed by atoms with E-state index in [1.165, 1.54) is 26.2 Å².